The van der Waals surface area contributed by atoms with Crippen LogP contribution in [0.15, 0.2) is 12.1 Å². The van der Waals surface area contributed by atoms with Crippen LogP contribution in [0.1, 0.15) is 20.3 Å². The summed E-state index contributed by atoms with van der Waals surface area (Å²) in [7, 11) is 0. The van der Waals surface area contributed by atoms with Crippen LogP contribution in [0.25, 0.3) is 0 Å². The second-order valence-corrected chi connectivity index (χ2v) is 5.06. The number of carboxylic acids is 1. The minimum atomic E-state index is -1.02. The number of carbonyl (C=O) groups is 2. The largest absolute Gasteiger partial charge is 0.480 e. The number of hydrogen-bond donors (Lipinski definition) is 2. The second-order valence-electron chi connectivity index (χ2n) is 5.06. The Morgan fingerprint density at radius 1 is 1.48 bits per heavy atom. The maximum atomic E-state index is 12.4. The van der Waals surface area contributed by atoms with E-state index in [4.69, 9.17) is 9.47 Å². The molecule has 2 aliphatic rings. The zero-order valence-corrected chi connectivity index (χ0v) is 11.8. The number of nitrogens with zero attached hydrogens (tertiary/aromatic N) is 1. The normalized spacial score (nSPS) is 20.8. The molecule has 3 rings (SSSR count). The Kier molecular flexibility index (Phi) is 3.12. The minimum Gasteiger partial charge on any atom is -0.480 e. The van der Waals surface area contributed by atoms with E-state index in [0.717, 1.165) is 0 Å². The topological polar surface area (TPSA) is 88.1 Å². The Morgan fingerprint density at radius 3 is 2.76 bits per heavy atom. The molecule has 0 aliphatic carbocycles. The Bertz CT molecular complexity index is 616. The number of rotatable bonds is 3. The van der Waals surface area contributed by atoms with Gasteiger partial charge in [0.1, 0.15) is 12.1 Å². The summed E-state index contributed by atoms with van der Waals surface area (Å²) in [5.74, 6) is -0.187. The van der Waals surface area contributed by atoms with Crippen molar-refractivity contribution < 1.29 is 24.2 Å². The first-order valence-electron chi connectivity index (χ1n) is 6.79. The highest BCUT2D eigenvalue weighted by Gasteiger charge is 2.38. The van der Waals surface area contributed by atoms with Crippen molar-refractivity contribution in [2.45, 2.75) is 32.4 Å². The van der Waals surface area contributed by atoms with Crippen LogP contribution in [0.3, 0.4) is 0 Å². The molecule has 0 bridgehead atoms. The van der Waals surface area contributed by atoms with Crippen LogP contribution >= 0.6 is 0 Å². The van der Waals surface area contributed by atoms with Crippen molar-refractivity contribution in [3.8, 4) is 11.5 Å². The molecule has 1 amide bonds. The van der Waals surface area contributed by atoms with E-state index in [1.807, 2.05) is 0 Å². The lowest BCUT2D eigenvalue weighted by Gasteiger charge is -2.37. The predicted molar refractivity (Wildman–Crippen MR) is 74.9 cm³/mol. The van der Waals surface area contributed by atoms with Gasteiger partial charge in [0.05, 0.1) is 11.4 Å². The summed E-state index contributed by atoms with van der Waals surface area (Å²) in [6, 6.07) is 2.00. The molecular weight excluding hydrogens is 276 g/mol. The van der Waals surface area contributed by atoms with Gasteiger partial charge in [0.2, 0.25) is 12.7 Å². The van der Waals surface area contributed by atoms with E-state index in [1.165, 1.54) is 4.90 Å². The van der Waals surface area contributed by atoms with Gasteiger partial charge in [-0.25, -0.2) is 4.79 Å². The molecule has 112 valence electrons. The number of carboxylic acid groups (broad SMARTS) is 1. The van der Waals surface area contributed by atoms with Gasteiger partial charge >= 0.3 is 5.97 Å². The van der Waals surface area contributed by atoms with Crippen molar-refractivity contribution in [1.82, 2.24) is 0 Å². The van der Waals surface area contributed by atoms with Gasteiger partial charge in [0.15, 0.2) is 11.5 Å². The number of carbonyl (C=O) groups excluding carboxylic acids is 1. The van der Waals surface area contributed by atoms with Gasteiger partial charge in [-0.15, -0.1) is 0 Å². The third-order valence-electron chi connectivity index (χ3n) is 3.71. The first-order valence-corrected chi connectivity index (χ1v) is 6.79. The molecule has 2 unspecified atom stereocenters. The van der Waals surface area contributed by atoms with Crippen molar-refractivity contribution in [2.75, 3.05) is 17.0 Å². The number of ether oxygens (including phenoxy) is 2. The van der Waals surface area contributed by atoms with E-state index < -0.39 is 18.1 Å². The molecule has 2 N–H and O–H groups in total. The standard InChI is InChI=1S/C14H16N2O5/c1-3-9(14(18)19)16-10-5-12-11(20-6-21-12)4-8(10)15-7(2)13(16)17/h4-5,7,9,15H,3,6H2,1-2H3,(H,18,19). The van der Waals surface area contributed by atoms with E-state index in [2.05, 4.69) is 5.32 Å². The van der Waals surface area contributed by atoms with Gasteiger partial charge in [0.25, 0.3) is 0 Å². The molecule has 21 heavy (non-hydrogen) atoms. The van der Waals surface area contributed by atoms with E-state index in [-0.39, 0.29) is 12.7 Å². The molecule has 2 atom stereocenters. The molecule has 0 radical (unpaired) electrons. The van der Waals surface area contributed by atoms with E-state index in [0.29, 0.717) is 29.3 Å². The number of hydrogen-bond acceptors (Lipinski definition) is 5. The van der Waals surface area contributed by atoms with Crippen LogP contribution in [-0.2, 0) is 9.59 Å². The van der Waals surface area contributed by atoms with Gasteiger partial charge in [-0.1, -0.05) is 6.92 Å². The average molecular weight is 292 g/mol. The highest BCUT2D eigenvalue weighted by atomic mass is 16.7. The molecule has 0 aromatic heterocycles. The average Bonchev–Trinajstić information content (AvgIpc) is 2.88. The molecule has 0 spiro atoms. The van der Waals surface area contributed by atoms with Gasteiger partial charge in [-0.2, -0.15) is 0 Å². The summed E-state index contributed by atoms with van der Waals surface area (Å²) < 4.78 is 10.6. The van der Waals surface area contributed by atoms with Crippen LogP contribution in [-0.4, -0.2) is 35.9 Å². The quantitative estimate of drug-likeness (QED) is 0.876. The molecule has 0 saturated carbocycles. The lowest BCUT2D eigenvalue weighted by molar-refractivity contribution is -0.140. The number of aliphatic carboxylic acids is 1. The fourth-order valence-electron chi connectivity index (χ4n) is 2.66. The van der Waals surface area contributed by atoms with Crippen molar-refractivity contribution in [3.63, 3.8) is 0 Å². The van der Waals surface area contributed by atoms with Crippen molar-refractivity contribution in [3.05, 3.63) is 12.1 Å². The van der Waals surface area contributed by atoms with Gasteiger partial charge in [-0.05, 0) is 13.3 Å². The lowest BCUT2D eigenvalue weighted by Crippen LogP contribution is -2.53. The molecule has 1 aromatic carbocycles. The number of nitrogens with one attached hydrogen (secondary N) is 1. The molecule has 7 heteroatoms. The van der Waals surface area contributed by atoms with E-state index in [1.54, 1.807) is 26.0 Å². The van der Waals surface area contributed by atoms with Crippen molar-refractivity contribution >= 4 is 23.3 Å². The van der Waals surface area contributed by atoms with Crippen LogP contribution < -0.4 is 19.7 Å². The van der Waals surface area contributed by atoms with Crippen molar-refractivity contribution in [2.24, 2.45) is 0 Å². The van der Waals surface area contributed by atoms with Crippen LogP contribution in [0.2, 0.25) is 0 Å². The summed E-state index contributed by atoms with van der Waals surface area (Å²) in [5, 5.41) is 12.4. The van der Waals surface area contributed by atoms with Crippen LogP contribution in [0, 0.1) is 0 Å². The Balaban J connectivity index is 2.12. The lowest BCUT2D eigenvalue weighted by atomic mass is 10.0. The van der Waals surface area contributed by atoms with Gasteiger partial charge in [0, 0.05) is 12.1 Å². The Morgan fingerprint density at radius 2 is 2.14 bits per heavy atom. The second kappa shape index (κ2) is 4.83. The fraction of sp³-hybridized carbons (Fsp3) is 0.429. The number of benzene rings is 1. The fourth-order valence-corrected chi connectivity index (χ4v) is 2.66. The third kappa shape index (κ3) is 2.05. The number of fused-ring (bicyclic) bond motifs is 2. The molecule has 7 nitrogen and oxygen atoms in total. The first-order chi connectivity index (χ1) is 10.0. The molecule has 0 fully saturated rings. The smallest absolute Gasteiger partial charge is 0.326 e. The van der Waals surface area contributed by atoms with E-state index >= 15 is 0 Å². The predicted octanol–water partition coefficient (Wildman–Crippen LogP) is 1.43. The summed E-state index contributed by atoms with van der Waals surface area (Å²) in [6.07, 6.45) is 0.321. The summed E-state index contributed by atoms with van der Waals surface area (Å²) >= 11 is 0. The highest BCUT2D eigenvalue weighted by Crippen LogP contribution is 2.44. The number of anilines is 2. The summed E-state index contributed by atoms with van der Waals surface area (Å²) in [4.78, 5) is 25.2. The summed E-state index contributed by atoms with van der Waals surface area (Å²) in [6.45, 7) is 3.57. The Labute approximate surface area is 121 Å². The monoisotopic (exact) mass is 292 g/mol. The van der Waals surface area contributed by atoms with Crippen molar-refractivity contribution in [1.29, 1.82) is 0 Å². The molecule has 2 heterocycles. The van der Waals surface area contributed by atoms with Crippen LogP contribution in [0.5, 0.6) is 11.5 Å². The maximum absolute atomic E-state index is 12.4. The molecule has 2 aliphatic heterocycles. The van der Waals surface area contributed by atoms with Crippen LogP contribution in [0.4, 0.5) is 11.4 Å². The van der Waals surface area contributed by atoms with Gasteiger partial charge < -0.3 is 19.9 Å². The molecule has 1 aromatic rings. The molecule has 0 saturated heterocycles. The van der Waals surface area contributed by atoms with Gasteiger partial charge in [-0.3, -0.25) is 9.69 Å². The Hall–Kier alpha value is -2.44. The molecular formula is C14H16N2O5. The maximum Gasteiger partial charge on any atom is 0.326 e. The minimum absolute atomic E-state index is 0.123. The zero-order chi connectivity index (χ0) is 15.1. The first kappa shape index (κ1) is 13.5. The van der Waals surface area contributed by atoms with E-state index in [9.17, 15) is 14.7 Å². The highest BCUT2D eigenvalue weighted by molar-refractivity contribution is 6.08. The third-order valence-corrected chi connectivity index (χ3v) is 3.71. The number of amides is 1. The zero-order valence-electron chi connectivity index (χ0n) is 11.8. The summed E-state index contributed by atoms with van der Waals surface area (Å²) in [5.41, 5.74) is 1.18. The SMILES string of the molecule is CCC(C(=O)O)N1C(=O)C(C)Nc2cc3c(cc21)OCO3.